The van der Waals surface area contributed by atoms with E-state index in [2.05, 4.69) is 0 Å². The zero-order chi connectivity index (χ0) is 10.9. The summed E-state index contributed by atoms with van der Waals surface area (Å²) in [6.07, 6.45) is -4.99. The Morgan fingerprint density at radius 1 is 1.50 bits per heavy atom. The summed E-state index contributed by atoms with van der Waals surface area (Å²) in [5.74, 6) is 0. The van der Waals surface area contributed by atoms with Gasteiger partial charge in [-0.3, -0.25) is 4.79 Å². The van der Waals surface area contributed by atoms with Crippen molar-refractivity contribution in [3.8, 4) is 0 Å². The summed E-state index contributed by atoms with van der Waals surface area (Å²) in [5.41, 5.74) is -0.989. The number of aryl methyl sites for hydroxylation is 1. The highest BCUT2D eigenvalue weighted by molar-refractivity contribution is 5.15. The van der Waals surface area contributed by atoms with Crippen LogP contribution in [-0.2, 0) is 6.42 Å². The van der Waals surface area contributed by atoms with Gasteiger partial charge < -0.3 is 5.21 Å². The lowest BCUT2D eigenvalue weighted by Gasteiger charge is -2.07. The molecule has 0 atom stereocenters. The van der Waals surface area contributed by atoms with Crippen LogP contribution in [0, 0.1) is 6.92 Å². The summed E-state index contributed by atoms with van der Waals surface area (Å²) < 4.78 is 36.3. The van der Waals surface area contributed by atoms with Crippen LogP contribution < -0.4 is 5.43 Å². The zero-order valence-electron chi connectivity index (χ0n) is 7.30. The summed E-state index contributed by atoms with van der Waals surface area (Å²) >= 11 is 0. The fraction of sp³-hybridized carbons (Fsp3) is 0.375. The van der Waals surface area contributed by atoms with Gasteiger partial charge in [0, 0.05) is 11.6 Å². The molecule has 0 fully saturated rings. The molecule has 1 aromatic heterocycles. The Bertz CT molecular complexity index is 395. The van der Waals surface area contributed by atoms with Crippen LogP contribution in [0.4, 0.5) is 13.2 Å². The van der Waals surface area contributed by atoms with Crippen LogP contribution in [0.15, 0.2) is 17.1 Å². The smallest absolute Gasteiger partial charge is 0.393 e. The van der Waals surface area contributed by atoms with E-state index in [4.69, 9.17) is 5.21 Å². The van der Waals surface area contributed by atoms with Crippen LogP contribution in [0.3, 0.4) is 0 Å². The minimum Gasteiger partial charge on any atom is -0.429 e. The van der Waals surface area contributed by atoms with Gasteiger partial charge in [0.1, 0.15) is 0 Å². The van der Waals surface area contributed by atoms with Gasteiger partial charge in [0.25, 0.3) is 0 Å². The number of nitrogens with zero attached hydrogens (tertiary/aromatic N) is 1. The summed E-state index contributed by atoms with van der Waals surface area (Å²) in [6.45, 7) is 1.42. The molecule has 0 aliphatic heterocycles. The van der Waals surface area contributed by atoms with Crippen LogP contribution in [0.2, 0.25) is 0 Å². The molecule has 0 saturated carbocycles. The summed E-state index contributed by atoms with van der Waals surface area (Å²) in [4.78, 5) is 11.0. The van der Waals surface area contributed by atoms with Crippen molar-refractivity contribution in [3.63, 3.8) is 0 Å². The first-order valence-electron chi connectivity index (χ1n) is 3.78. The standard InChI is InChI=1S/C8H8F3NO2/c1-5-2-7(13)6(4-12(5)14)3-8(9,10)11/h2,4,14H,3H2,1H3. The van der Waals surface area contributed by atoms with Crippen molar-refractivity contribution < 1.29 is 18.4 Å². The quantitative estimate of drug-likeness (QED) is 0.709. The molecule has 0 spiro atoms. The van der Waals surface area contributed by atoms with E-state index in [1.54, 1.807) is 0 Å². The van der Waals surface area contributed by atoms with E-state index < -0.39 is 23.6 Å². The van der Waals surface area contributed by atoms with Crippen LogP contribution in [0.5, 0.6) is 0 Å². The molecule has 1 N–H and O–H groups in total. The first kappa shape index (κ1) is 10.6. The third-order valence-electron chi connectivity index (χ3n) is 1.69. The van der Waals surface area contributed by atoms with Gasteiger partial charge in [-0.15, -0.1) is 0 Å². The molecule has 0 radical (unpaired) electrons. The lowest BCUT2D eigenvalue weighted by Crippen LogP contribution is -2.21. The molecule has 1 rings (SSSR count). The molecule has 0 aliphatic carbocycles. The first-order chi connectivity index (χ1) is 6.29. The zero-order valence-corrected chi connectivity index (χ0v) is 7.30. The second-order valence-electron chi connectivity index (χ2n) is 2.94. The Morgan fingerprint density at radius 2 is 2.07 bits per heavy atom. The van der Waals surface area contributed by atoms with Gasteiger partial charge in [0.2, 0.25) is 0 Å². The SMILES string of the molecule is Cc1cc(=O)c(CC(F)(F)F)cn1O. The molecule has 6 heteroatoms. The Hall–Kier alpha value is -1.46. The fourth-order valence-corrected chi connectivity index (χ4v) is 1.01. The van der Waals surface area contributed by atoms with E-state index in [9.17, 15) is 18.0 Å². The molecule has 0 amide bonds. The number of hydrogen-bond acceptors (Lipinski definition) is 2. The lowest BCUT2D eigenvalue weighted by molar-refractivity contribution is -0.127. The average Bonchev–Trinajstić information content (AvgIpc) is 1.97. The maximum atomic E-state index is 11.9. The van der Waals surface area contributed by atoms with E-state index >= 15 is 0 Å². The minimum atomic E-state index is -4.44. The molecule has 1 heterocycles. The normalized spacial score (nSPS) is 11.7. The van der Waals surface area contributed by atoms with E-state index in [1.807, 2.05) is 0 Å². The third-order valence-corrected chi connectivity index (χ3v) is 1.69. The number of pyridine rings is 1. The number of alkyl halides is 3. The molecule has 1 aromatic rings. The van der Waals surface area contributed by atoms with Gasteiger partial charge in [-0.2, -0.15) is 17.9 Å². The second kappa shape index (κ2) is 3.36. The molecule has 0 bridgehead atoms. The van der Waals surface area contributed by atoms with Gasteiger partial charge in [-0.25, -0.2) is 0 Å². The molecule has 78 valence electrons. The van der Waals surface area contributed by atoms with E-state index in [0.717, 1.165) is 12.3 Å². The predicted octanol–water partition coefficient (Wildman–Crippen LogP) is 1.50. The van der Waals surface area contributed by atoms with Crippen LogP contribution in [0.1, 0.15) is 11.3 Å². The van der Waals surface area contributed by atoms with E-state index in [0.29, 0.717) is 4.73 Å². The average molecular weight is 207 g/mol. The first-order valence-corrected chi connectivity index (χ1v) is 3.78. The summed E-state index contributed by atoms with van der Waals surface area (Å²) in [7, 11) is 0. The van der Waals surface area contributed by atoms with Crippen molar-refractivity contribution in [2.45, 2.75) is 19.5 Å². The maximum Gasteiger partial charge on any atom is 0.393 e. The van der Waals surface area contributed by atoms with E-state index in [1.165, 1.54) is 6.92 Å². The van der Waals surface area contributed by atoms with Crippen molar-refractivity contribution in [2.75, 3.05) is 0 Å². The van der Waals surface area contributed by atoms with Crippen LogP contribution >= 0.6 is 0 Å². The van der Waals surface area contributed by atoms with Crippen molar-refractivity contribution in [2.24, 2.45) is 0 Å². The number of hydrogen-bond donors (Lipinski definition) is 1. The molecular formula is C8H8F3NO2. The molecule has 0 aliphatic rings. The monoisotopic (exact) mass is 207 g/mol. The number of halogens is 3. The van der Waals surface area contributed by atoms with Crippen molar-refractivity contribution in [3.05, 3.63) is 33.7 Å². The van der Waals surface area contributed by atoms with Crippen LogP contribution in [-0.4, -0.2) is 16.1 Å². The van der Waals surface area contributed by atoms with Crippen molar-refractivity contribution in [1.82, 2.24) is 4.73 Å². The maximum absolute atomic E-state index is 11.9. The van der Waals surface area contributed by atoms with E-state index in [-0.39, 0.29) is 5.69 Å². The summed E-state index contributed by atoms with van der Waals surface area (Å²) in [6, 6.07) is 0.959. The van der Waals surface area contributed by atoms with Gasteiger partial charge in [0.15, 0.2) is 5.43 Å². The van der Waals surface area contributed by atoms with Gasteiger partial charge in [-0.1, -0.05) is 0 Å². The topological polar surface area (TPSA) is 42.2 Å². The molecule has 0 saturated heterocycles. The summed E-state index contributed by atoms with van der Waals surface area (Å²) in [5, 5.41) is 9.03. The van der Waals surface area contributed by atoms with Crippen molar-refractivity contribution in [1.29, 1.82) is 0 Å². The minimum absolute atomic E-state index is 0.195. The highest BCUT2D eigenvalue weighted by atomic mass is 19.4. The second-order valence-corrected chi connectivity index (χ2v) is 2.94. The third kappa shape index (κ3) is 2.51. The van der Waals surface area contributed by atoms with Crippen LogP contribution in [0.25, 0.3) is 0 Å². The van der Waals surface area contributed by atoms with Gasteiger partial charge >= 0.3 is 6.18 Å². The Balaban J connectivity index is 3.11. The molecule has 0 unspecified atom stereocenters. The number of aromatic nitrogens is 1. The fourth-order valence-electron chi connectivity index (χ4n) is 1.01. The lowest BCUT2D eigenvalue weighted by atomic mass is 10.2. The highest BCUT2D eigenvalue weighted by Gasteiger charge is 2.29. The Labute approximate surface area is 77.4 Å². The Morgan fingerprint density at radius 3 is 2.57 bits per heavy atom. The van der Waals surface area contributed by atoms with Crippen molar-refractivity contribution >= 4 is 0 Å². The molecule has 0 aromatic carbocycles. The Kier molecular flexibility index (Phi) is 2.55. The predicted molar refractivity (Wildman–Crippen MR) is 42.4 cm³/mol. The largest absolute Gasteiger partial charge is 0.429 e. The molecular weight excluding hydrogens is 199 g/mol. The highest BCUT2D eigenvalue weighted by Crippen LogP contribution is 2.19. The molecule has 14 heavy (non-hydrogen) atoms. The molecule has 3 nitrogen and oxygen atoms in total. The van der Waals surface area contributed by atoms with Gasteiger partial charge in [-0.05, 0) is 6.92 Å². The van der Waals surface area contributed by atoms with Gasteiger partial charge in [0.05, 0.1) is 18.3 Å². The number of rotatable bonds is 1.